The maximum Gasteiger partial charge on any atom is 0.0602 e. The fourth-order valence-electron chi connectivity index (χ4n) is 2.80. The third-order valence-corrected chi connectivity index (χ3v) is 3.69. The zero-order valence-electron chi connectivity index (χ0n) is 7.63. The smallest absolute Gasteiger partial charge is 0.0602 e. The van der Waals surface area contributed by atoms with E-state index in [1.807, 2.05) is 0 Å². The van der Waals surface area contributed by atoms with Crippen molar-refractivity contribution in [2.75, 3.05) is 13.1 Å². The lowest BCUT2D eigenvalue weighted by Gasteiger charge is -2.33. The normalized spacial score (nSPS) is 47.5. The average Bonchev–Trinajstić information content (AvgIpc) is 2.75. The van der Waals surface area contributed by atoms with Gasteiger partial charge in [-0.2, -0.15) is 0 Å². The van der Waals surface area contributed by atoms with Crippen molar-refractivity contribution in [2.45, 2.75) is 44.3 Å². The van der Waals surface area contributed by atoms with E-state index in [-0.39, 0.29) is 0 Å². The summed E-state index contributed by atoms with van der Waals surface area (Å²) >= 11 is 0. The molecule has 3 rings (SSSR count). The SMILES string of the molecule is C1CCN(C2CC3CC3N2)CC1. The molecule has 2 heterocycles. The summed E-state index contributed by atoms with van der Waals surface area (Å²) in [5.74, 6) is 1.05. The molecule has 0 radical (unpaired) electrons. The van der Waals surface area contributed by atoms with Crippen molar-refractivity contribution in [1.29, 1.82) is 0 Å². The van der Waals surface area contributed by atoms with E-state index in [9.17, 15) is 0 Å². The summed E-state index contributed by atoms with van der Waals surface area (Å²) in [4.78, 5) is 2.66. The van der Waals surface area contributed by atoms with Crippen molar-refractivity contribution in [3.63, 3.8) is 0 Å². The molecule has 3 unspecified atom stereocenters. The fourth-order valence-corrected chi connectivity index (χ4v) is 2.80. The largest absolute Gasteiger partial charge is 0.299 e. The zero-order valence-corrected chi connectivity index (χ0v) is 7.63. The predicted molar refractivity (Wildman–Crippen MR) is 48.9 cm³/mol. The van der Waals surface area contributed by atoms with Crippen molar-refractivity contribution in [3.8, 4) is 0 Å². The Morgan fingerprint density at radius 2 is 1.83 bits per heavy atom. The van der Waals surface area contributed by atoms with Gasteiger partial charge < -0.3 is 0 Å². The topological polar surface area (TPSA) is 15.3 Å². The molecule has 12 heavy (non-hydrogen) atoms. The van der Waals surface area contributed by atoms with Crippen LogP contribution in [0.3, 0.4) is 0 Å². The first kappa shape index (κ1) is 7.34. The minimum atomic E-state index is 0.758. The van der Waals surface area contributed by atoms with Crippen LogP contribution >= 0.6 is 0 Å². The van der Waals surface area contributed by atoms with Crippen molar-refractivity contribution < 1.29 is 0 Å². The maximum atomic E-state index is 3.72. The second-order valence-electron chi connectivity index (χ2n) is 4.62. The van der Waals surface area contributed by atoms with Gasteiger partial charge in [-0.05, 0) is 44.7 Å². The van der Waals surface area contributed by atoms with Crippen LogP contribution < -0.4 is 5.32 Å². The molecule has 0 aromatic heterocycles. The van der Waals surface area contributed by atoms with Crippen molar-refractivity contribution in [1.82, 2.24) is 10.2 Å². The number of hydrogen-bond acceptors (Lipinski definition) is 2. The molecule has 3 fully saturated rings. The van der Waals surface area contributed by atoms with E-state index in [2.05, 4.69) is 10.2 Å². The first-order valence-corrected chi connectivity index (χ1v) is 5.43. The Kier molecular flexibility index (Phi) is 1.66. The highest BCUT2D eigenvalue weighted by Gasteiger charge is 2.47. The van der Waals surface area contributed by atoms with Gasteiger partial charge in [-0.3, -0.25) is 10.2 Å². The van der Waals surface area contributed by atoms with Crippen LogP contribution in [0.4, 0.5) is 0 Å². The Bertz CT molecular complexity index is 165. The second kappa shape index (κ2) is 2.71. The van der Waals surface area contributed by atoms with Crippen LogP contribution in [0.15, 0.2) is 0 Å². The molecule has 2 nitrogen and oxygen atoms in total. The predicted octanol–water partition coefficient (Wildman–Crippen LogP) is 1.18. The number of rotatable bonds is 1. The van der Waals surface area contributed by atoms with E-state index in [1.165, 1.54) is 45.2 Å². The molecular weight excluding hydrogens is 148 g/mol. The molecule has 0 spiro atoms. The minimum Gasteiger partial charge on any atom is -0.299 e. The highest BCUT2D eigenvalue weighted by molar-refractivity contribution is 5.03. The molecule has 0 aromatic rings. The molecule has 3 atom stereocenters. The number of likely N-dealkylation sites (tertiary alicyclic amines) is 1. The third-order valence-electron chi connectivity index (χ3n) is 3.69. The van der Waals surface area contributed by atoms with Gasteiger partial charge in [-0.1, -0.05) is 6.42 Å². The Morgan fingerprint density at radius 1 is 1.00 bits per heavy atom. The molecular formula is C10H18N2. The maximum absolute atomic E-state index is 3.72. The van der Waals surface area contributed by atoms with Crippen molar-refractivity contribution in [2.24, 2.45) is 5.92 Å². The van der Waals surface area contributed by atoms with Gasteiger partial charge in [0.2, 0.25) is 0 Å². The van der Waals surface area contributed by atoms with Crippen molar-refractivity contribution in [3.05, 3.63) is 0 Å². The van der Waals surface area contributed by atoms with Crippen LogP contribution in [0.2, 0.25) is 0 Å². The summed E-state index contributed by atoms with van der Waals surface area (Å²) in [5, 5.41) is 3.72. The number of nitrogens with zero attached hydrogens (tertiary/aromatic N) is 1. The summed E-state index contributed by atoms with van der Waals surface area (Å²) in [6, 6.07) is 0.914. The lowest BCUT2D eigenvalue weighted by Crippen LogP contribution is -2.46. The van der Waals surface area contributed by atoms with Crippen LogP contribution in [0.5, 0.6) is 0 Å². The molecule has 2 saturated heterocycles. The van der Waals surface area contributed by atoms with Crippen molar-refractivity contribution >= 4 is 0 Å². The lowest BCUT2D eigenvalue weighted by molar-refractivity contribution is 0.141. The van der Waals surface area contributed by atoms with E-state index < -0.39 is 0 Å². The molecule has 3 aliphatic rings. The molecule has 0 bridgehead atoms. The van der Waals surface area contributed by atoms with Gasteiger partial charge in [0.15, 0.2) is 0 Å². The highest BCUT2D eigenvalue weighted by Crippen LogP contribution is 2.41. The average molecular weight is 166 g/mol. The Balaban J connectivity index is 1.58. The highest BCUT2D eigenvalue weighted by atomic mass is 15.3. The quantitative estimate of drug-likeness (QED) is 0.629. The van der Waals surface area contributed by atoms with Gasteiger partial charge in [0.25, 0.3) is 0 Å². The zero-order chi connectivity index (χ0) is 7.97. The number of nitrogens with one attached hydrogen (secondary N) is 1. The van der Waals surface area contributed by atoms with Gasteiger partial charge >= 0.3 is 0 Å². The Labute approximate surface area is 74.3 Å². The van der Waals surface area contributed by atoms with Crippen LogP contribution in [0, 0.1) is 5.92 Å². The number of fused-ring (bicyclic) bond motifs is 1. The van der Waals surface area contributed by atoms with Crippen LogP contribution in [0.1, 0.15) is 32.1 Å². The summed E-state index contributed by atoms with van der Waals surface area (Å²) in [7, 11) is 0. The molecule has 1 saturated carbocycles. The molecule has 1 aliphatic carbocycles. The van der Waals surface area contributed by atoms with E-state index in [0.717, 1.165) is 18.1 Å². The summed E-state index contributed by atoms with van der Waals surface area (Å²) in [5.41, 5.74) is 0. The second-order valence-corrected chi connectivity index (χ2v) is 4.62. The van der Waals surface area contributed by atoms with E-state index in [1.54, 1.807) is 0 Å². The van der Waals surface area contributed by atoms with E-state index >= 15 is 0 Å². The van der Waals surface area contributed by atoms with Crippen LogP contribution in [-0.4, -0.2) is 30.2 Å². The standard InChI is InChI=1S/C10H18N2/c1-2-4-12(5-3-1)10-7-8-6-9(8)11-10/h8-11H,1-7H2. The first-order valence-electron chi connectivity index (χ1n) is 5.43. The number of piperidine rings is 2. The summed E-state index contributed by atoms with van der Waals surface area (Å²) in [6.45, 7) is 2.69. The number of hydrogen-bond donors (Lipinski definition) is 1. The van der Waals surface area contributed by atoms with Gasteiger partial charge in [0.1, 0.15) is 0 Å². The molecule has 68 valence electrons. The lowest BCUT2D eigenvalue weighted by atomic mass is 10.1. The first-order chi connectivity index (χ1) is 5.93. The Hall–Kier alpha value is -0.0800. The fraction of sp³-hybridized carbons (Fsp3) is 1.00. The molecule has 2 heteroatoms. The molecule has 0 amide bonds. The molecule has 0 aromatic carbocycles. The summed E-state index contributed by atoms with van der Waals surface area (Å²) in [6.07, 6.45) is 7.96. The van der Waals surface area contributed by atoms with Gasteiger partial charge in [-0.15, -0.1) is 0 Å². The van der Waals surface area contributed by atoms with Gasteiger partial charge in [0, 0.05) is 6.04 Å². The van der Waals surface area contributed by atoms with E-state index in [4.69, 9.17) is 0 Å². The monoisotopic (exact) mass is 166 g/mol. The van der Waals surface area contributed by atoms with E-state index in [0.29, 0.717) is 0 Å². The molecule has 1 N–H and O–H groups in total. The Morgan fingerprint density at radius 3 is 2.50 bits per heavy atom. The van der Waals surface area contributed by atoms with Gasteiger partial charge in [-0.25, -0.2) is 0 Å². The summed E-state index contributed by atoms with van der Waals surface area (Å²) < 4.78 is 0. The van der Waals surface area contributed by atoms with Crippen LogP contribution in [-0.2, 0) is 0 Å². The minimum absolute atomic E-state index is 0.758. The third kappa shape index (κ3) is 1.17. The van der Waals surface area contributed by atoms with Gasteiger partial charge in [0.05, 0.1) is 6.17 Å². The molecule has 2 aliphatic heterocycles. The van der Waals surface area contributed by atoms with Crippen LogP contribution in [0.25, 0.3) is 0 Å².